The van der Waals surface area contributed by atoms with Crippen molar-refractivity contribution in [3.63, 3.8) is 0 Å². The van der Waals surface area contributed by atoms with Gasteiger partial charge in [-0.05, 0) is 25.5 Å². The minimum atomic E-state index is -4.43. The fraction of sp³-hybridized carbons (Fsp3) is 0.600. The number of rotatable bonds is 3. The molecule has 1 aromatic heterocycles. The van der Waals surface area contributed by atoms with Crippen molar-refractivity contribution in [2.45, 2.75) is 25.1 Å². The molecule has 0 amide bonds. The SMILES string of the molecule is FC(F)(F)c1ccnc(NCC2CCCN2)n1. The Morgan fingerprint density at radius 1 is 1.47 bits per heavy atom. The van der Waals surface area contributed by atoms with Crippen molar-refractivity contribution in [1.82, 2.24) is 15.3 Å². The molecule has 0 saturated carbocycles. The summed E-state index contributed by atoms with van der Waals surface area (Å²) in [6.45, 7) is 1.50. The van der Waals surface area contributed by atoms with Crippen LogP contribution in [0.2, 0.25) is 0 Å². The predicted octanol–water partition coefficient (Wildman–Crippen LogP) is 1.66. The number of hydrogen-bond acceptors (Lipinski definition) is 4. The molecule has 0 aliphatic carbocycles. The Labute approximate surface area is 96.7 Å². The average Bonchev–Trinajstić information content (AvgIpc) is 2.78. The maximum atomic E-state index is 12.4. The van der Waals surface area contributed by atoms with E-state index in [4.69, 9.17) is 0 Å². The predicted molar refractivity (Wildman–Crippen MR) is 56.5 cm³/mol. The zero-order valence-corrected chi connectivity index (χ0v) is 9.09. The highest BCUT2D eigenvalue weighted by Gasteiger charge is 2.32. The quantitative estimate of drug-likeness (QED) is 0.851. The Bertz CT molecular complexity index is 374. The smallest absolute Gasteiger partial charge is 0.353 e. The number of alkyl halides is 3. The third kappa shape index (κ3) is 3.29. The third-order valence-corrected chi connectivity index (χ3v) is 2.61. The Kier molecular flexibility index (Phi) is 3.46. The van der Waals surface area contributed by atoms with Gasteiger partial charge in [0.05, 0.1) is 0 Å². The summed E-state index contributed by atoms with van der Waals surface area (Å²) >= 11 is 0. The van der Waals surface area contributed by atoms with Crippen LogP contribution >= 0.6 is 0 Å². The van der Waals surface area contributed by atoms with E-state index in [2.05, 4.69) is 20.6 Å². The van der Waals surface area contributed by atoms with E-state index in [9.17, 15) is 13.2 Å². The summed E-state index contributed by atoms with van der Waals surface area (Å²) in [5.74, 6) is 0.0218. The van der Waals surface area contributed by atoms with Crippen LogP contribution in [0.3, 0.4) is 0 Å². The van der Waals surface area contributed by atoms with Gasteiger partial charge in [0.2, 0.25) is 5.95 Å². The molecular formula is C10H13F3N4. The van der Waals surface area contributed by atoms with Crippen molar-refractivity contribution in [1.29, 1.82) is 0 Å². The summed E-state index contributed by atoms with van der Waals surface area (Å²) < 4.78 is 37.1. The molecule has 1 unspecified atom stereocenters. The van der Waals surface area contributed by atoms with E-state index >= 15 is 0 Å². The second kappa shape index (κ2) is 4.87. The second-order valence-electron chi connectivity index (χ2n) is 3.94. The minimum absolute atomic E-state index is 0.0218. The van der Waals surface area contributed by atoms with E-state index in [1.807, 2.05) is 0 Å². The maximum absolute atomic E-state index is 12.4. The molecule has 2 rings (SSSR count). The molecule has 1 aliphatic heterocycles. The van der Waals surface area contributed by atoms with Crippen LogP contribution in [0.1, 0.15) is 18.5 Å². The van der Waals surface area contributed by atoms with E-state index in [1.54, 1.807) is 0 Å². The van der Waals surface area contributed by atoms with Gasteiger partial charge in [0.25, 0.3) is 0 Å². The molecule has 1 aliphatic rings. The molecule has 1 aromatic rings. The van der Waals surface area contributed by atoms with Crippen LogP contribution in [0.4, 0.5) is 19.1 Å². The normalized spacial score (nSPS) is 20.5. The van der Waals surface area contributed by atoms with Gasteiger partial charge in [-0.3, -0.25) is 0 Å². The first-order valence-corrected chi connectivity index (χ1v) is 5.43. The molecule has 17 heavy (non-hydrogen) atoms. The standard InChI is InChI=1S/C10H13F3N4/c11-10(12,13)8-3-5-15-9(17-8)16-6-7-2-1-4-14-7/h3,5,7,14H,1-2,4,6H2,(H,15,16,17). The van der Waals surface area contributed by atoms with Gasteiger partial charge in [0.1, 0.15) is 5.69 Å². The largest absolute Gasteiger partial charge is 0.433 e. The highest BCUT2D eigenvalue weighted by Crippen LogP contribution is 2.27. The number of aromatic nitrogens is 2. The molecule has 2 N–H and O–H groups in total. The zero-order valence-electron chi connectivity index (χ0n) is 9.09. The first kappa shape index (κ1) is 12.1. The number of nitrogens with zero attached hydrogens (tertiary/aromatic N) is 2. The first-order valence-electron chi connectivity index (χ1n) is 5.43. The summed E-state index contributed by atoms with van der Waals surface area (Å²) in [7, 11) is 0. The second-order valence-corrected chi connectivity index (χ2v) is 3.94. The van der Waals surface area contributed by atoms with Crippen LogP contribution in [0.5, 0.6) is 0 Å². The van der Waals surface area contributed by atoms with Gasteiger partial charge >= 0.3 is 6.18 Å². The molecule has 94 valence electrons. The van der Waals surface area contributed by atoms with Crippen molar-refractivity contribution >= 4 is 5.95 Å². The summed E-state index contributed by atoms with van der Waals surface area (Å²) in [4.78, 5) is 7.19. The molecule has 2 heterocycles. The first-order chi connectivity index (χ1) is 8.05. The van der Waals surface area contributed by atoms with Gasteiger partial charge in [-0.1, -0.05) is 0 Å². The molecule has 1 atom stereocenters. The Hall–Kier alpha value is -1.37. The maximum Gasteiger partial charge on any atom is 0.433 e. The van der Waals surface area contributed by atoms with Gasteiger partial charge in [0, 0.05) is 18.8 Å². The highest BCUT2D eigenvalue weighted by molar-refractivity contribution is 5.26. The lowest BCUT2D eigenvalue weighted by molar-refractivity contribution is -0.141. The van der Waals surface area contributed by atoms with E-state index < -0.39 is 11.9 Å². The van der Waals surface area contributed by atoms with Crippen LogP contribution < -0.4 is 10.6 Å². The van der Waals surface area contributed by atoms with Crippen LogP contribution in [0.25, 0.3) is 0 Å². The summed E-state index contributed by atoms with van der Waals surface area (Å²) in [6.07, 6.45) is -1.20. The third-order valence-electron chi connectivity index (χ3n) is 2.61. The van der Waals surface area contributed by atoms with Crippen molar-refractivity contribution in [3.8, 4) is 0 Å². The van der Waals surface area contributed by atoms with Gasteiger partial charge in [-0.25, -0.2) is 9.97 Å². The monoisotopic (exact) mass is 246 g/mol. The van der Waals surface area contributed by atoms with Gasteiger partial charge < -0.3 is 10.6 Å². The van der Waals surface area contributed by atoms with Crippen LogP contribution in [0.15, 0.2) is 12.3 Å². The van der Waals surface area contributed by atoms with E-state index in [-0.39, 0.29) is 12.0 Å². The molecule has 7 heteroatoms. The Morgan fingerprint density at radius 3 is 2.94 bits per heavy atom. The van der Waals surface area contributed by atoms with Crippen LogP contribution in [0, 0.1) is 0 Å². The fourth-order valence-corrected chi connectivity index (χ4v) is 1.75. The Balaban J connectivity index is 1.96. The lowest BCUT2D eigenvalue weighted by Gasteiger charge is -2.12. The van der Waals surface area contributed by atoms with Crippen LogP contribution in [-0.2, 0) is 6.18 Å². The van der Waals surface area contributed by atoms with Crippen LogP contribution in [-0.4, -0.2) is 29.1 Å². The molecule has 0 spiro atoms. The Morgan fingerprint density at radius 2 is 2.29 bits per heavy atom. The topological polar surface area (TPSA) is 49.8 Å². The average molecular weight is 246 g/mol. The number of halogens is 3. The molecule has 4 nitrogen and oxygen atoms in total. The van der Waals surface area contributed by atoms with E-state index in [1.165, 1.54) is 0 Å². The van der Waals surface area contributed by atoms with E-state index in [0.717, 1.165) is 31.6 Å². The fourth-order valence-electron chi connectivity index (χ4n) is 1.75. The van der Waals surface area contributed by atoms with E-state index in [0.29, 0.717) is 6.54 Å². The number of anilines is 1. The van der Waals surface area contributed by atoms with Gasteiger partial charge in [-0.2, -0.15) is 13.2 Å². The lowest BCUT2D eigenvalue weighted by Crippen LogP contribution is -2.30. The molecular weight excluding hydrogens is 233 g/mol. The molecule has 1 fully saturated rings. The molecule has 0 bridgehead atoms. The summed E-state index contributed by atoms with van der Waals surface area (Å²) in [5, 5.41) is 6.05. The summed E-state index contributed by atoms with van der Waals surface area (Å²) in [5.41, 5.74) is -0.922. The van der Waals surface area contributed by atoms with Crippen molar-refractivity contribution < 1.29 is 13.2 Å². The minimum Gasteiger partial charge on any atom is -0.353 e. The number of nitrogens with one attached hydrogen (secondary N) is 2. The number of hydrogen-bond donors (Lipinski definition) is 2. The lowest BCUT2D eigenvalue weighted by atomic mass is 10.2. The highest BCUT2D eigenvalue weighted by atomic mass is 19.4. The van der Waals surface area contributed by atoms with Gasteiger partial charge in [-0.15, -0.1) is 0 Å². The zero-order chi connectivity index (χ0) is 12.3. The summed E-state index contributed by atoms with van der Waals surface area (Å²) in [6, 6.07) is 1.15. The van der Waals surface area contributed by atoms with Crippen molar-refractivity contribution in [3.05, 3.63) is 18.0 Å². The molecule has 1 saturated heterocycles. The molecule has 0 aromatic carbocycles. The van der Waals surface area contributed by atoms with Gasteiger partial charge in [0.15, 0.2) is 0 Å². The van der Waals surface area contributed by atoms with Crippen molar-refractivity contribution in [2.75, 3.05) is 18.4 Å². The van der Waals surface area contributed by atoms with Crippen molar-refractivity contribution in [2.24, 2.45) is 0 Å². The molecule has 0 radical (unpaired) electrons.